The van der Waals surface area contributed by atoms with Crippen molar-refractivity contribution >= 4 is 22.5 Å². The van der Waals surface area contributed by atoms with Crippen LogP contribution in [0, 0.1) is 40.9 Å². The fourth-order valence-corrected chi connectivity index (χ4v) is 6.44. The molecule has 31 heavy (non-hydrogen) atoms. The number of fused-ring (bicyclic) bond motifs is 3. The first-order valence-corrected chi connectivity index (χ1v) is 11.6. The number of aromatic nitrogens is 2. The van der Waals surface area contributed by atoms with Crippen molar-refractivity contribution in [3.63, 3.8) is 0 Å². The third-order valence-electron chi connectivity index (χ3n) is 7.70. The molecule has 1 aromatic heterocycles. The predicted octanol–water partition coefficient (Wildman–Crippen LogP) is 3.51. The summed E-state index contributed by atoms with van der Waals surface area (Å²) >= 11 is 0. The fraction of sp³-hybridized carbons (Fsp3) is 0.600. The minimum absolute atomic E-state index is 0.376. The SMILES string of the molecule is C[C@H]1C[C@@H](CC(=O)CC2C3CC2CN(C)C3)CN(c2ccc(C#N)c3nccnc23)C1. The molecule has 5 rings (SSSR count). The van der Waals surface area contributed by atoms with Crippen molar-refractivity contribution in [2.75, 3.05) is 38.1 Å². The second-order valence-corrected chi connectivity index (χ2v) is 10.2. The van der Waals surface area contributed by atoms with Crippen LogP contribution in [-0.4, -0.2) is 53.9 Å². The van der Waals surface area contributed by atoms with Gasteiger partial charge in [0, 0.05) is 51.4 Å². The molecule has 0 N–H and O–H groups in total. The Morgan fingerprint density at radius 3 is 2.55 bits per heavy atom. The van der Waals surface area contributed by atoms with Crippen molar-refractivity contribution in [3.8, 4) is 6.07 Å². The second-order valence-electron chi connectivity index (χ2n) is 10.2. The Hall–Kier alpha value is -2.52. The average molecular weight is 418 g/mol. The van der Waals surface area contributed by atoms with Crippen LogP contribution in [0.3, 0.4) is 0 Å². The van der Waals surface area contributed by atoms with Crippen LogP contribution < -0.4 is 4.90 Å². The molecule has 0 radical (unpaired) electrons. The molecule has 3 fully saturated rings. The topological polar surface area (TPSA) is 73.1 Å². The van der Waals surface area contributed by atoms with Gasteiger partial charge in [-0.2, -0.15) is 5.26 Å². The van der Waals surface area contributed by atoms with Gasteiger partial charge in [-0.25, -0.2) is 0 Å². The minimum atomic E-state index is 0.376. The molecule has 162 valence electrons. The molecule has 3 heterocycles. The zero-order valence-electron chi connectivity index (χ0n) is 18.5. The van der Waals surface area contributed by atoms with Crippen molar-refractivity contribution in [2.24, 2.45) is 29.6 Å². The van der Waals surface area contributed by atoms with Crippen LogP contribution in [0.15, 0.2) is 24.5 Å². The van der Waals surface area contributed by atoms with E-state index in [1.165, 1.54) is 6.42 Å². The number of nitriles is 1. The molecule has 0 spiro atoms. The zero-order chi connectivity index (χ0) is 21.5. The number of Topliss-reactive ketones (excluding diaryl/α,β-unsaturated/α-hetero) is 1. The zero-order valence-corrected chi connectivity index (χ0v) is 18.5. The lowest BCUT2D eigenvalue weighted by atomic mass is 9.60. The molecule has 1 aromatic carbocycles. The predicted molar refractivity (Wildman–Crippen MR) is 121 cm³/mol. The van der Waals surface area contributed by atoms with Crippen LogP contribution in [-0.2, 0) is 4.79 Å². The number of carbonyl (C=O) groups is 1. The number of benzene rings is 1. The molecule has 2 unspecified atom stereocenters. The molecule has 2 saturated heterocycles. The lowest BCUT2D eigenvalue weighted by molar-refractivity contribution is -0.126. The summed E-state index contributed by atoms with van der Waals surface area (Å²) in [5, 5.41) is 9.42. The molecule has 6 nitrogen and oxygen atoms in total. The van der Waals surface area contributed by atoms with Gasteiger partial charge in [0.1, 0.15) is 22.9 Å². The smallest absolute Gasteiger partial charge is 0.133 e. The summed E-state index contributed by atoms with van der Waals surface area (Å²) in [7, 11) is 2.20. The number of piperidine rings is 3. The van der Waals surface area contributed by atoms with Crippen LogP contribution in [0.5, 0.6) is 0 Å². The third-order valence-corrected chi connectivity index (χ3v) is 7.70. The maximum Gasteiger partial charge on any atom is 0.133 e. The largest absolute Gasteiger partial charge is 0.369 e. The average Bonchev–Trinajstić information content (AvgIpc) is 2.76. The highest BCUT2D eigenvalue weighted by molar-refractivity contribution is 5.92. The maximum atomic E-state index is 13.0. The van der Waals surface area contributed by atoms with E-state index in [4.69, 9.17) is 0 Å². The summed E-state index contributed by atoms with van der Waals surface area (Å²) in [5.74, 6) is 3.44. The quantitative estimate of drug-likeness (QED) is 0.741. The number of carbonyl (C=O) groups excluding carboxylic acids is 1. The number of anilines is 1. The van der Waals surface area contributed by atoms with E-state index >= 15 is 0 Å². The van der Waals surface area contributed by atoms with E-state index in [2.05, 4.69) is 39.8 Å². The Balaban J connectivity index is 1.28. The number of ketones is 1. The van der Waals surface area contributed by atoms with Gasteiger partial charge in [-0.05, 0) is 61.6 Å². The van der Waals surface area contributed by atoms with Crippen molar-refractivity contribution in [2.45, 2.75) is 32.6 Å². The highest BCUT2D eigenvalue weighted by Gasteiger charge is 2.46. The molecule has 4 atom stereocenters. The van der Waals surface area contributed by atoms with E-state index in [-0.39, 0.29) is 0 Å². The van der Waals surface area contributed by atoms with Crippen LogP contribution in [0.1, 0.15) is 38.2 Å². The molecule has 1 saturated carbocycles. The summed E-state index contributed by atoms with van der Waals surface area (Å²) in [4.78, 5) is 26.7. The lowest BCUT2D eigenvalue weighted by Gasteiger charge is -2.53. The molecule has 1 aliphatic carbocycles. The van der Waals surface area contributed by atoms with Gasteiger partial charge in [-0.1, -0.05) is 6.92 Å². The summed E-state index contributed by atoms with van der Waals surface area (Å²) < 4.78 is 0. The standard InChI is InChI=1S/C25H31N5O/c1-16-7-17(8-21(31)10-22-19-9-20(22)15-29(2)14-19)13-30(12-16)23-4-3-18(11-26)24-25(23)28-6-5-27-24/h3-6,16-17,19-20,22H,7-10,12-15H2,1-2H3/t16-,17-,19?,20?,22?/m0/s1. The van der Waals surface area contributed by atoms with E-state index in [1.54, 1.807) is 12.4 Å². The summed E-state index contributed by atoms with van der Waals surface area (Å²) in [6, 6.07) is 6.07. The summed E-state index contributed by atoms with van der Waals surface area (Å²) in [5.41, 5.74) is 3.03. The molecule has 0 amide bonds. The van der Waals surface area contributed by atoms with Gasteiger partial charge in [0.25, 0.3) is 0 Å². The van der Waals surface area contributed by atoms with Crippen molar-refractivity contribution < 1.29 is 4.79 Å². The van der Waals surface area contributed by atoms with Crippen LogP contribution in [0.25, 0.3) is 11.0 Å². The number of nitrogens with zero attached hydrogens (tertiary/aromatic N) is 5. The van der Waals surface area contributed by atoms with E-state index in [9.17, 15) is 10.1 Å². The summed E-state index contributed by atoms with van der Waals surface area (Å²) in [6.07, 6.45) is 7.21. The van der Waals surface area contributed by atoms with Gasteiger partial charge in [0.05, 0.1) is 11.3 Å². The number of likely N-dealkylation sites (tertiary alicyclic amines) is 1. The van der Waals surface area contributed by atoms with Crippen LogP contribution in [0.4, 0.5) is 5.69 Å². The van der Waals surface area contributed by atoms with Gasteiger partial charge in [0.2, 0.25) is 0 Å². The first kappa shape index (κ1) is 20.4. The number of hydrogen-bond acceptors (Lipinski definition) is 6. The Kier molecular flexibility index (Phi) is 5.39. The highest BCUT2D eigenvalue weighted by atomic mass is 16.1. The second kappa shape index (κ2) is 8.20. The first-order valence-electron chi connectivity index (χ1n) is 11.6. The molecular weight excluding hydrogens is 386 g/mol. The minimum Gasteiger partial charge on any atom is -0.369 e. The van der Waals surface area contributed by atoms with Gasteiger partial charge in [-0.3, -0.25) is 14.8 Å². The monoisotopic (exact) mass is 417 g/mol. The van der Waals surface area contributed by atoms with Crippen molar-refractivity contribution in [1.29, 1.82) is 5.26 Å². The van der Waals surface area contributed by atoms with Gasteiger partial charge >= 0.3 is 0 Å². The molecule has 6 heteroatoms. The number of rotatable bonds is 5. The molecule has 2 bridgehead atoms. The third kappa shape index (κ3) is 3.92. The molecule has 2 aromatic rings. The molecule has 2 aliphatic heterocycles. The molecule has 3 aliphatic rings. The fourth-order valence-electron chi connectivity index (χ4n) is 6.44. The van der Waals surface area contributed by atoms with E-state index in [0.717, 1.165) is 62.1 Å². The van der Waals surface area contributed by atoms with E-state index in [1.807, 2.05) is 12.1 Å². The van der Waals surface area contributed by atoms with Gasteiger partial charge < -0.3 is 9.80 Å². The van der Waals surface area contributed by atoms with Crippen LogP contribution >= 0.6 is 0 Å². The normalized spacial score (nSPS) is 30.6. The molecular formula is C25H31N5O. The van der Waals surface area contributed by atoms with Crippen LogP contribution in [0.2, 0.25) is 0 Å². The van der Waals surface area contributed by atoms with E-state index in [0.29, 0.717) is 41.0 Å². The van der Waals surface area contributed by atoms with E-state index < -0.39 is 0 Å². The van der Waals surface area contributed by atoms with Gasteiger partial charge in [0.15, 0.2) is 0 Å². The van der Waals surface area contributed by atoms with Crippen molar-refractivity contribution in [1.82, 2.24) is 14.9 Å². The number of hydrogen-bond donors (Lipinski definition) is 0. The highest BCUT2D eigenvalue weighted by Crippen LogP contribution is 2.47. The Labute approximate surface area is 184 Å². The van der Waals surface area contributed by atoms with Crippen molar-refractivity contribution in [3.05, 3.63) is 30.1 Å². The Morgan fingerprint density at radius 1 is 1.06 bits per heavy atom. The lowest BCUT2D eigenvalue weighted by Crippen LogP contribution is -2.54. The Morgan fingerprint density at radius 2 is 1.81 bits per heavy atom. The van der Waals surface area contributed by atoms with Gasteiger partial charge in [-0.15, -0.1) is 0 Å². The maximum absolute atomic E-state index is 13.0. The Bertz CT molecular complexity index is 1020. The first-order chi connectivity index (χ1) is 15.0. The summed E-state index contributed by atoms with van der Waals surface area (Å²) in [6.45, 7) is 6.41.